The number of fused-ring (bicyclic) bond motifs is 1. The molecule has 1 aromatic heterocycles. The molecular formula is C23H26N2O3. The fourth-order valence-corrected chi connectivity index (χ4v) is 3.21. The minimum atomic E-state index is -0.0903. The molecule has 1 heterocycles. The van der Waals surface area contributed by atoms with Crippen LogP contribution >= 0.6 is 0 Å². The number of nitrogens with one attached hydrogen (secondary N) is 2. The van der Waals surface area contributed by atoms with Crippen LogP contribution in [-0.4, -0.2) is 24.5 Å². The number of ether oxygens (including phenoxy) is 1. The van der Waals surface area contributed by atoms with Gasteiger partial charge >= 0.3 is 0 Å². The number of aryl methyl sites for hydroxylation is 1. The van der Waals surface area contributed by atoms with Crippen LogP contribution in [0.5, 0.6) is 5.75 Å². The number of methoxy groups -OCH3 is 1. The van der Waals surface area contributed by atoms with Crippen LogP contribution in [0, 0.1) is 0 Å². The Labute approximate surface area is 164 Å². The molecule has 0 fully saturated rings. The van der Waals surface area contributed by atoms with Crippen molar-refractivity contribution in [2.45, 2.75) is 32.1 Å². The fraction of sp³-hybridized carbons (Fsp3) is 0.304. The number of carbonyl (C=O) groups is 1. The van der Waals surface area contributed by atoms with Gasteiger partial charge in [-0.15, -0.1) is 0 Å². The maximum atomic E-state index is 12.1. The van der Waals surface area contributed by atoms with Crippen molar-refractivity contribution in [2.24, 2.45) is 0 Å². The summed E-state index contributed by atoms with van der Waals surface area (Å²) in [4.78, 5) is 27.0. The van der Waals surface area contributed by atoms with Crippen LogP contribution in [0.15, 0.2) is 59.4 Å². The number of pyridine rings is 1. The number of aromatic nitrogens is 1. The third-order valence-corrected chi connectivity index (χ3v) is 4.83. The van der Waals surface area contributed by atoms with Gasteiger partial charge in [0, 0.05) is 24.0 Å². The van der Waals surface area contributed by atoms with Gasteiger partial charge in [-0.3, -0.25) is 9.59 Å². The number of para-hydroxylation sites is 1. The van der Waals surface area contributed by atoms with Crippen LogP contribution in [0.1, 0.15) is 30.4 Å². The molecule has 0 bridgehead atoms. The highest BCUT2D eigenvalue weighted by Crippen LogP contribution is 2.13. The molecule has 0 aliphatic heterocycles. The Hall–Kier alpha value is -3.08. The minimum Gasteiger partial charge on any atom is -0.497 e. The first-order valence-corrected chi connectivity index (χ1v) is 9.66. The molecule has 2 aromatic carbocycles. The molecule has 28 heavy (non-hydrogen) atoms. The molecule has 0 aliphatic carbocycles. The molecule has 0 spiro atoms. The third kappa shape index (κ3) is 5.46. The van der Waals surface area contributed by atoms with E-state index in [1.54, 1.807) is 7.11 Å². The quantitative estimate of drug-likeness (QED) is 0.559. The van der Waals surface area contributed by atoms with Gasteiger partial charge in [0.25, 0.3) is 5.56 Å². The van der Waals surface area contributed by atoms with Gasteiger partial charge in [0.1, 0.15) is 5.75 Å². The van der Waals surface area contributed by atoms with Gasteiger partial charge < -0.3 is 15.0 Å². The average Bonchev–Trinajstić information content (AvgIpc) is 2.72. The van der Waals surface area contributed by atoms with Crippen LogP contribution in [0.4, 0.5) is 0 Å². The zero-order valence-corrected chi connectivity index (χ0v) is 16.2. The van der Waals surface area contributed by atoms with E-state index in [1.807, 2.05) is 42.5 Å². The lowest BCUT2D eigenvalue weighted by molar-refractivity contribution is -0.121. The first-order chi connectivity index (χ1) is 13.7. The maximum absolute atomic E-state index is 12.1. The Balaban J connectivity index is 1.37. The molecule has 0 saturated carbocycles. The Morgan fingerprint density at radius 2 is 1.82 bits per heavy atom. The predicted octanol–water partition coefficient (Wildman–Crippen LogP) is 3.61. The molecule has 1 amide bonds. The van der Waals surface area contributed by atoms with Gasteiger partial charge in [-0.25, -0.2) is 0 Å². The minimum absolute atomic E-state index is 0.0342. The van der Waals surface area contributed by atoms with E-state index in [0.29, 0.717) is 24.9 Å². The van der Waals surface area contributed by atoms with Crippen LogP contribution in [0.25, 0.3) is 10.9 Å². The lowest BCUT2D eigenvalue weighted by Crippen LogP contribution is -2.27. The molecule has 0 unspecified atom stereocenters. The van der Waals surface area contributed by atoms with E-state index < -0.39 is 0 Å². The second kappa shape index (κ2) is 9.74. The van der Waals surface area contributed by atoms with Crippen LogP contribution in [0.3, 0.4) is 0 Å². The van der Waals surface area contributed by atoms with Crippen molar-refractivity contribution >= 4 is 16.8 Å². The van der Waals surface area contributed by atoms with Crippen molar-refractivity contribution in [1.29, 1.82) is 0 Å². The van der Waals surface area contributed by atoms with Crippen LogP contribution in [0.2, 0.25) is 0 Å². The largest absolute Gasteiger partial charge is 0.497 e. The standard InChI is InChI=1S/C23H26N2O3/c1-28-20-12-10-17(11-13-20)6-2-5-9-22(26)24-15-14-19-16-18-7-3-4-8-21(18)25-23(19)27/h3-4,7-8,10-13,16H,2,5-6,9,14-15H2,1H3,(H,24,26)(H,25,27). The van der Waals surface area contributed by atoms with Crippen molar-refractivity contribution in [1.82, 2.24) is 10.3 Å². The zero-order valence-electron chi connectivity index (χ0n) is 16.2. The number of carbonyl (C=O) groups excluding carboxylic acids is 1. The van der Waals surface area contributed by atoms with Crippen molar-refractivity contribution in [3.63, 3.8) is 0 Å². The third-order valence-electron chi connectivity index (χ3n) is 4.83. The van der Waals surface area contributed by atoms with Gasteiger partial charge in [0.05, 0.1) is 7.11 Å². The van der Waals surface area contributed by atoms with E-state index in [0.717, 1.165) is 35.9 Å². The number of amides is 1. The Morgan fingerprint density at radius 1 is 1.04 bits per heavy atom. The molecule has 3 aromatic rings. The summed E-state index contributed by atoms with van der Waals surface area (Å²) in [7, 11) is 1.66. The second-order valence-electron chi connectivity index (χ2n) is 6.87. The summed E-state index contributed by atoms with van der Waals surface area (Å²) in [6.45, 7) is 0.471. The molecule has 3 rings (SSSR count). The number of benzene rings is 2. The first kappa shape index (κ1) is 19.7. The van der Waals surface area contributed by atoms with Crippen molar-refractivity contribution in [2.75, 3.05) is 13.7 Å². The van der Waals surface area contributed by atoms with Crippen LogP contribution < -0.4 is 15.6 Å². The van der Waals surface area contributed by atoms with E-state index in [1.165, 1.54) is 5.56 Å². The molecular weight excluding hydrogens is 352 g/mol. The van der Waals surface area contributed by atoms with E-state index in [4.69, 9.17) is 4.74 Å². The molecule has 5 heteroatoms. The van der Waals surface area contributed by atoms with E-state index in [2.05, 4.69) is 22.4 Å². The van der Waals surface area contributed by atoms with Gasteiger partial charge in [0.15, 0.2) is 0 Å². The molecule has 0 saturated heterocycles. The number of unbranched alkanes of at least 4 members (excludes halogenated alkanes) is 1. The van der Waals surface area contributed by atoms with E-state index in [9.17, 15) is 9.59 Å². The highest BCUT2D eigenvalue weighted by Gasteiger charge is 2.05. The summed E-state index contributed by atoms with van der Waals surface area (Å²) in [5.41, 5.74) is 2.68. The maximum Gasteiger partial charge on any atom is 0.251 e. The SMILES string of the molecule is COc1ccc(CCCCC(=O)NCCc2cc3ccccc3[nH]c2=O)cc1. The Kier molecular flexibility index (Phi) is 6.84. The fourth-order valence-electron chi connectivity index (χ4n) is 3.21. The molecule has 0 radical (unpaired) electrons. The average molecular weight is 378 g/mol. The summed E-state index contributed by atoms with van der Waals surface area (Å²) in [5, 5.41) is 3.91. The number of aromatic amines is 1. The van der Waals surface area contributed by atoms with E-state index in [-0.39, 0.29) is 11.5 Å². The monoisotopic (exact) mass is 378 g/mol. The lowest BCUT2D eigenvalue weighted by atomic mass is 10.1. The van der Waals surface area contributed by atoms with Gasteiger partial charge in [0.2, 0.25) is 5.91 Å². The summed E-state index contributed by atoms with van der Waals surface area (Å²) in [5.74, 6) is 0.889. The molecule has 0 aliphatic rings. The number of hydrogen-bond acceptors (Lipinski definition) is 3. The number of hydrogen-bond donors (Lipinski definition) is 2. The number of H-pyrrole nitrogens is 1. The number of rotatable bonds is 9. The van der Waals surface area contributed by atoms with Crippen molar-refractivity contribution < 1.29 is 9.53 Å². The van der Waals surface area contributed by atoms with Crippen molar-refractivity contribution in [3.8, 4) is 5.75 Å². The molecule has 146 valence electrons. The predicted molar refractivity (Wildman–Crippen MR) is 112 cm³/mol. The highest BCUT2D eigenvalue weighted by atomic mass is 16.5. The highest BCUT2D eigenvalue weighted by molar-refractivity contribution is 5.78. The zero-order chi connectivity index (χ0) is 19.8. The van der Waals surface area contributed by atoms with Crippen LogP contribution in [-0.2, 0) is 17.6 Å². The molecule has 2 N–H and O–H groups in total. The molecule has 0 atom stereocenters. The first-order valence-electron chi connectivity index (χ1n) is 9.66. The van der Waals surface area contributed by atoms with Crippen molar-refractivity contribution in [3.05, 3.63) is 76.1 Å². The smallest absolute Gasteiger partial charge is 0.251 e. The summed E-state index contributed by atoms with van der Waals surface area (Å²) >= 11 is 0. The normalized spacial score (nSPS) is 10.8. The summed E-state index contributed by atoms with van der Waals surface area (Å²) < 4.78 is 5.15. The summed E-state index contributed by atoms with van der Waals surface area (Å²) in [6.07, 6.45) is 3.78. The van der Waals surface area contributed by atoms with E-state index >= 15 is 0 Å². The topological polar surface area (TPSA) is 71.2 Å². The summed E-state index contributed by atoms with van der Waals surface area (Å²) in [6, 6.07) is 17.6. The lowest BCUT2D eigenvalue weighted by Gasteiger charge is -2.07. The second-order valence-corrected chi connectivity index (χ2v) is 6.87. The van der Waals surface area contributed by atoms with Gasteiger partial charge in [-0.1, -0.05) is 30.3 Å². The Bertz CT molecular complexity index is 977. The Morgan fingerprint density at radius 3 is 2.61 bits per heavy atom. The van der Waals surface area contributed by atoms with Gasteiger partial charge in [-0.05, 0) is 60.9 Å². The molecule has 5 nitrogen and oxygen atoms in total. The van der Waals surface area contributed by atoms with Gasteiger partial charge in [-0.2, -0.15) is 0 Å².